The quantitative estimate of drug-likeness (QED) is 0.491. The van der Waals surface area contributed by atoms with Crippen LogP contribution in [0.25, 0.3) is 0 Å². The van der Waals surface area contributed by atoms with Gasteiger partial charge in [-0.2, -0.15) is 0 Å². The zero-order valence-corrected chi connectivity index (χ0v) is 10.8. The highest BCUT2D eigenvalue weighted by molar-refractivity contribution is 5.82. The van der Waals surface area contributed by atoms with E-state index in [-0.39, 0.29) is 12.5 Å². The molecule has 0 unspecified atom stereocenters. The highest BCUT2D eigenvalue weighted by atomic mass is 16.5. The van der Waals surface area contributed by atoms with Gasteiger partial charge in [0.1, 0.15) is 0 Å². The molecule has 1 rings (SSSR count). The molecular formula is C12H20N4O2. The smallest absolute Gasteiger partial charge is 0.239 e. The fourth-order valence-electron chi connectivity index (χ4n) is 1.45. The van der Waals surface area contributed by atoms with Crippen molar-refractivity contribution in [2.45, 2.75) is 0 Å². The Balaban J connectivity index is 2.51. The highest BCUT2D eigenvalue weighted by Crippen LogP contribution is 2.21. The molecular weight excluding hydrogens is 232 g/mol. The van der Waals surface area contributed by atoms with Gasteiger partial charge in [0, 0.05) is 26.4 Å². The van der Waals surface area contributed by atoms with E-state index in [1.165, 1.54) is 0 Å². The van der Waals surface area contributed by atoms with Gasteiger partial charge < -0.3 is 26.4 Å². The van der Waals surface area contributed by atoms with E-state index < -0.39 is 0 Å². The van der Waals surface area contributed by atoms with Crippen molar-refractivity contribution >= 4 is 23.0 Å². The number of benzene rings is 1. The van der Waals surface area contributed by atoms with Gasteiger partial charge in [-0.3, -0.25) is 4.79 Å². The number of amides is 1. The Kier molecular flexibility index (Phi) is 5.26. The second-order valence-electron chi connectivity index (χ2n) is 4.01. The van der Waals surface area contributed by atoms with Crippen molar-refractivity contribution in [3.05, 3.63) is 18.2 Å². The summed E-state index contributed by atoms with van der Waals surface area (Å²) in [5.41, 5.74) is 13.3. The van der Waals surface area contributed by atoms with Gasteiger partial charge in [0.05, 0.1) is 24.5 Å². The number of nitrogens with zero attached hydrogens (tertiary/aromatic N) is 1. The van der Waals surface area contributed by atoms with Gasteiger partial charge in [-0.25, -0.2) is 0 Å². The second kappa shape index (κ2) is 6.70. The van der Waals surface area contributed by atoms with E-state index >= 15 is 0 Å². The number of anilines is 3. The summed E-state index contributed by atoms with van der Waals surface area (Å²) in [7, 11) is 3.41. The summed E-state index contributed by atoms with van der Waals surface area (Å²) >= 11 is 0. The number of rotatable bonds is 6. The molecule has 0 aliphatic carbocycles. The predicted molar refractivity (Wildman–Crippen MR) is 73.4 cm³/mol. The number of carbonyl (C=O) groups is 1. The lowest BCUT2D eigenvalue weighted by Gasteiger charge is -2.19. The summed E-state index contributed by atoms with van der Waals surface area (Å²) in [6.07, 6.45) is 0. The molecule has 6 heteroatoms. The van der Waals surface area contributed by atoms with Crippen LogP contribution >= 0.6 is 0 Å². The van der Waals surface area contributed by atoms with Crippen molar-refractivity contribution in [1.29, 1.82) is 0 Å². The second-order valence-corrected chi connectivity index (χ2v) is 4.01. The van der Waals surface area contributed by atoms with Crippen LogP contribution in [0.3, 0.4) is 0 Å². The number of ether oxygens (including phenoxy) is 1. The minimum Gasteiger partial charge on any atom is -0.397 e. The highest BCUT2D eigenvalue weighted by Gasteiger charge is 2.08. The minimum absolute atomic E-state index is 0.0649. The van der Waals surface area contributed by atoms with Gasteiger partial charge in [0.25, 0.3) is 0 Å². The first-order chi connectivity index (χ1) is 8.54. The Morgan fingerprint density at radius 1 is 1.39 bits per heavy atom. The average molecular weight is 252 g/mol. The van der Waals surface area contributed by atoms with E-state index in [0.717, 1.165) is 5.69 Å². The molecule has 0 saturated heterocycles. The molecule has 6 nitrogen and oxygen atoms in total. The number of nitrogens with two attached hydrogens (primary N) is 2. The normalized spacial score (nSPS) is 10.1. The van der Waals surface area contributed by atoms with Gasteiger partial charge in [-0.05, 0) is 18.2 Å². The molecule has 0 heterocycles. The third kappa shape index (κ3) is 4.14. The Labute approximate surface area is 107 Å². The molecule has 0 spiro atoms. The lowest BCUT2D eigenvalue weighted by molar-refractivity contribution is -0.119. The van der Waals surface area contributed by atoms with Crippen molar-refractivity contribution in [1.82, 2.24) is 5.32 Å². The third-order valence-corrected chi connectivity index (χ3v) is 2.52. The molecule has 5 N–H and O–H groups in total. The maximum atomic E-state index is 11.6. The standard InChI is InChI=1S/C12H20N4O2/c1-16(8-12(17)15-5-6-18-2)9-3-4-10(13)11(14)7-9/h3-4,7H,5-6,8,13-14H2,1-2H3,(H,15,17). The fourth-order valence-corrected chi connectivity index (χ4v) is 1.45. The first kappa shape index (κ1) is 14.1. The van der Waals surface area contributed by atoms with Crippen LogP contribution in [-0.4, -0.2) is 39.8 Å². The van der Waals surface area contributed by atoms with Crippen molar-refractivity contribution in [2.24, 2.45) is 0 Å². The Morgan fingerprint density at radius 3 is 2.72 bits per heavy atom. The van der Waals surface area contributed by atoms with E-state index in [1.54, 1.807) is 24.1 Å². The zero-order chi connectivity index (χ0) is 13.5. The summed E-state index contributed by atoms with van der Waals surface area (Å²) in [6, 6.07) is 5.30. The Bertz CT molecular complexity index is 409. The van der Waals surface area contributed by atoms with Crippen LogP contribution in [-0.2, 0) is 9.53 Å². The SMILES string of the molecule is COCCNC(=O)CN(C)c1ccc(N)c(N)c1. The van der Waals surface area contributed by atoms with Gasteiger partial charge >= 0.3 is 0 Å². The van der Waals surface area contributed by atoms with Crippen LogP contribution in [0.15, 0.2) is 18.2 Å². The van der Waals surface area contributed by atoms with Crippen LogP contribution in [0.4, 0.5) is 17.1 Å². The number of carbonyl (C=O) groups excluding carboxylic acids is 1. The minimum atomic E-state index is -0.0649. The van der Waals surface area contributed by atoms with Crippen LogP contribution in [0.1, 0.15) is 0 Å². The first-order valence-corrected chi connectivity index (χ1v) is 5.66. The summed E-state index contributed by atoms with van der Waals surface area (Å²) in [6.45, 7) is 1.27. The molecule has 18 heavy (non-hydrogen) atoms. The number of likely N-dealkylation sites (N-methyl/N-ethyl adjacent to an activating group) is 1. The van der Waals surface area contributed by atoms with E-state index in [9.17, 15) is 4.79 Å². The number of methoxy groups -OCH3 is 1. The molecule has 0 radical (unpaired) electrons. The predicted octanol–water partition coefficient (Wildman–Crippen LogP) is 0.0498. The molecule has 0 aromatic heterocycles. The topological polar surface area (TPSA) is 93.6 Å². The maximum absolute atomic E-state index is 11.6. The molecule has 0 fully saturated rings. The van der Waals surface area contributed by atoms with Gasteiger partial charge in [0.15, 0.2) is 0 Å². The van der Waals surface area contributed by atoms with Crippen LogP contribution < -0.4 is 21.7 Å². The molecule has 0 aliphatic heterocycles. The van der Waals surface area contributed by atoms with Crippen molar-refractivity contribution < 1.29 is 9.53 Å². The van der Waals surface area contributed by atoms with Gasteiger partial charge in [-0.1, -0.05) is 0 Å². The summed E-state index contributed by atoms with van der Waals surface area (Å²) in [4.78, 5) is 13.4. The van der Waals surface area contributed by atoms with E-state index in [2.05, 4.69) is 5.32 Å². The van der Waals surface area contributed by atoms with Crippen LogP contribution in [0.2, 0.25) is 0 Å². The first-order valence-electron chi connectivity index (χ1n) is 5.66. The lowest BCUT2D eigenvalue weighted by atomic mass is 10.2. The molecule has 100 valence electrons. The molecule has 0 atom stereocenters. The summed E-state index contributed by atoms with van der Waals surface area (Å²) in [5.74, 6) is -0.0649. The number of nitrogens with one attached hydrogen (secondary N) is 1. The maximum Gasteiger partial charge on any atom is 0.239 e. The fraction of sp³-hybridized carbons (Fsp3) is 0.417. The van der Waals surface area contributed by atoms with Crippen molar-refractivity contribution in [2.75, 3.05) is 50.2 Å². The third-order valence-electron chi connectivity index (χ3n) is 2.52. The monoisotopic (exact) mass is 252 g/mol. The molecule has 1 aromatic carbocycles. The Morgan fingerprint density at radius 2 is 2.11 bits per heavy atom. The Hall–Kier alpha value is -1.95. The number of nitrogen functional groups attached to an aromatic ring is 2. The van der Waals surface area contributed by atoms with Crippen molar-refractivity contribution in [3.63, 3.8) is 0 Å². The zero-order valence-electron chi connectivity index (χ0n) is 10.8. The van der Waals surface area contributed by atoms with Crippen LogP contribution in [0, 0.1) is 0 Å². The molecule has 0 saturated carbocycles. The van der Waals surface area contributed by atoms with Crippen LogP contribution in [0.5, 0.6) is 0 Å². The van der Waals surface area contributed by atoms with E-state index in [0.29, 0.717) is 24.5 Å². The van der Waals surface area contributed by atoms with Crippen molar-refractivity contribution in [3.8, 4) is 0 Å². The average Bonchev–Trinajstić information content (AvgIpc) is 2.33. The molecule has 0 bridgehead atoms. The number of hydrogen-bond acceptors (Lipinski definition) is 5. The van der Waals surface area contributed by atoms with Gasteiger partial charge in [0.2, 0.25) is 5.91 Å². The summed E-state index contributed by atoms with van der Waals surface area (Å²) in [5, 5.41) is 2.75. The number of hydrogen-bond donors (Lipinski definition) is 3. The molecule has 0 aliphatic rings. The van der Waals surface area contributed by atoms with Gasteiger partial charge in [-0.15, -0.1) is 0 Å². The summed E-state index contributed by atoms with van der Waals surface area (Å²) < 4.78 is 4.85. The lowest BCUT2D eigenvalue weighted by Crippen LogP contribution is -2.36. The molecule has 1 aromatic rings. The largest absolute Gasteiger partial charge is 0.397 e. The van der Waals surface area contributed by atoms with E-state index in [1.807, 2.05) is 13.1 Å². The molecule has 1 amide bonds. The van der Waals surface area contributed by atoms with E-state index in [4.69, 9.17) is 16.2 Å².